The number of carboxylic acid groups (broad SMARTS) is 1. The molecule has 2 heterocycles. The van der Waals surface area contributed by atoms with Crippen LogP contribution in [0.3, 0.4) is 0 Å². The molecule has 1 aliphatic heterocycles. The van der Waals surface area contributed by atoms with Gasteiger partial charge < -0.3 is 5.11 Å². The van der Waals surface area contributed by atoms with Gasteiger partial charge in [0, 0.05) is 24.2 Å². The number of likely N-dealkylation sites (tertiary alicyclic amines) is 1. The fourth-order valence-electron chi connectivity index (χ4n) is 2.78. The van der Waals surface area contributed by atoms with E-state index in [2.05, 4.69) is 15.1 Å². The minimum Gasteiger partial charge on any atom is -0.481 e. The zero-order valence-electron chi connectivity index (χ0n) is 12.8. The number of carboxylic acids is 1. The number of carbonyl (C=O) groups is 1. The van der Waals surface area contributed by atoms with Crippen LogP contribution in [-0.4, -0.2) is 44.2 Å². The van der Waals surface area contributed by atoms with Crippen molar-refractivity contribution in [2.75, 3.05) is 13.1 Å². The fraction of sp³-hybridized carbons (Fsp3) is 0.400. The van der Waals surface area contributed by atoms with Crippen LogP contribution in [0.25, 0.3) is 10.6 Å². The highest BCUT2D eigenvalue weighted by Crippen LogP contribution is 2.28. The summed E-state index contributed by atoms with van der Waals surface area (Å²) < 4.78 is 0. The summed E-state index contributed by atoms with van der Waals surface area (Å²) >= 11 is 1.38. The van der Waals surface area contributed by atoms with Gasteiger partial charge in [-0.1, -0.05) is 23.5 Å². The number of benzene rings is 1. The minimum atomic E-state index is -0.755. The average Bonchev–Trinajstić information content (AvgIpc) is 3.03. The first kappa shape index (κ1) is 16.5. The van der Waals surface area contributed by atoms with Gasteiger partial charge in [0.1, 0.15) is 10.0 Å². The number of aliphatic carboxylic acids is 1. The predicted octanol–water partition coefficient (Wildman–Crippen LogP) is 2.41. The summed E-state index contributed by atoms with van der Waals surface area (Å²) in [6, 6.07) is 6.30. The van der Waals surface area contributed by atoms with Gasteiger partial charge in [-0.05, 0) is 19.4 Å². The summed E-state index contributed by atoms with van der Waals surface area (Å²) in [6.07, 6.45) is 1.56. The molecule has 1 aromatic heterocycles. The second kappa shape index (κ2) is 7.02. The van der Waals surface area contributed by atoms with Crippen LogP contribution in [0.4, 0.5) is 5.69 Å². The highest BCUT2D eigenvalue weighted by molar-refractivity contribution is 7.14. The van der Waals surface area contributed by atoms with E-state index in [9.17, 15) is 14.9 Å². The number of piperidine rings is 1. The van der Waals surface area contributed by atoms with Crippen molar-refractivity contribution in [3.8, 4) is 10.6 Å². The molecule has 8 nitrogen and oxygen atoms in total. The molecule has 0 saturated carbocycles. The molecule has 1 saturated heterocycles. The van der Waals surface area contributed by atoms with Crippen LogP contribution in [0, 0.1) is 16.0 Å². The van der Waals surface area contributed by atoms with E-state index in [0.717, 1.165) is 18.0 Å². The number of hydrogen-bond acceptors (Lipinski definition) is 7. The van der Waals surface area contributed by atoms with Crippen LogP contribution in [0.15, 0.2) is 24.3 Å². The van der Waals surface area contributed by atoms with Gasteiger partial charge in [0.2, 0.25) is 0 Å². The van der Waals surface area contributed by atoms with Crippen LogP contribution in [0.2, 0.25) is 0 Å². The molecular formula is C15H16N4O4S. The average molecular weight is 348 g/mol. The van der Waals surface area contributed by atoms with E-state index in [4.69, 9.17) is 5.11 Å². The first-order chi connectivity index (χ1) is 11.5. The molecular weight excluding hydrogens is 332 g/mol. The van der Waals surface area contributed by atoms with Crippen molar-refractivity contribution >= 4 is 23.0 Å². The van der Waals surface area contributed by atoms with Crippen LogP contribution in [0.1, 0.15) is 17.8 Å². The maximum atomic E-state index is 11.1. The lowest BCUT2D eigenvalue weighted by Crippen LogP contribution is -2.38. The van der Waals surface area contributed by atoms with Gasteiger partial charge in [-0.25, -0.2) is 0 Å². The van der Waals surface area contributed by atoms with Crippen molar-refractivity contribution in [2.45, 2.75) is 19.4 Å². The topological polar surface area (TPSA) is 109 Å². The summed E-state index contributed by atoms with van der Waals surface area (Å²) in [5.74, 6) is -1.09. The molecule has 0 bridgehead atoms. The molecule has 126 valence electrons. The van der Waals surface area contributed by atoms with Crippen molar-refractivity contribution in [1.29, 1.82) is 0 Å². The number of rotatable bonds is 5. The molecule has 9 heteroatoms. The minimum absolute atomic E-state index is 0.0181. The maximum Gasteiger partial charge on any atom is 0.307 e. The zero-order chi connectivity index (χ0) is 17.1. The largest absolute Gasteiger partial charge is 0.481 e. The Labute approximate surface area is 141 Å². The molecule has 0 spiro atoms. The van der Waals surface area contributed by atoms with Crippen molar-refractivity contribution in [1.82, 2.24) is 15.1 Å². The Kier molecular flexibility index (Phi) is 4.81. The number of nitro groups is 1. The van der Waals surface area contributed by atoms with Crippen molar-refractivity contribution in [2.24, 2.45) is 5.92 Å². The Morgan fingerprint density at radius 1 is 1.46 bits per heavy atom. The molecule has 1 aromatic carbocycles. The second-order valence-corrected chi connectivity index (χ2v) is 6.78. The summed E-state index contributed by atoms with van der Waals surface area (Å²) in [5, 5.41) is 29.7. The normalized spacial score (nSPS) is 18.4. The lowest BCUT2D eigenvalue weighted by molar-refractivity contribution is -0.384. The number of aromatic nitrogens is 2. The monoisotopic (exact) mass is 348 g/mol. The Morgan fingerprint density at radius 3 is 3.04 bits per heavy atom. The van der Waals surface area contributed by atoms with Crippen molar-refractivity contribution in [3.63, 3.8) is 0 Å². The number of nitro benzene ring substituents is 1. The number of nitrogens with zero attached hydrogens (tertiary/aromatic N) is 4. The lowest BCUT2D eigenvalue weighted by Gasteiger charge is -2.29. The highest BCUT2D eigenvalue weighted by atomic mass is 32.1. The van der Waals surface area contributed by atoms with Gasteiger partial charge in [-0.2, -0.15) is 0 Å². The van der Waals surface area contributed by atoms with Crippen LogP contribution in [-0.2, 0) is 11.3 Å². The lowest BCUT2D eigenvalue weighted by atomic mass is 9.98. The summed E-state index contributed by atoms with van der Waals surface area (Å²) in [4.78, 5) is 23.6. The first-order valence-corrected chi connectivity index (χ1v) is 8.37. The molecule has 0 radical (unpaired) electrons. The third-order valence-corrected chi connectivity index (χ3v) is 4.94. The van der Waals surface area contributed by atoms with Gasteiger partial charge in [0.15, 0.2) is 0 Å². The highest BCUT2D eigenvalue weighted by Gasteiger charge is 2.26. The predicted molar refractivity (Wildman–Crippen MR) is 87.6 cm³/mol. The molecule has 24 heavy (non-hydrogen) atoms. The summed E-state index contributed by atoms with van der Waals surface area (Å²) in [6.45, 7) is 1.91. The maximum absolute atomic E-state index is 11.1. The van der Waals surface area contributed by atoms with Crippen LogP contribution < -0.4 is 0 Å². The van der Waals surface area contributed by atoms with E-state index in [-0.39, 0.29) is 11.6 Å². The summed E-state index contributed by atoms with van der Waals surface area (Å²) in [7, 11) is 0. The molecule has 0 aliphatic carbocycles. The second-order valence-electron chi connectivity index (χ2n) is 5.72. The molecule has 2 aromatic rings. The van der Waals surface area contributed by atoms with E-state index < -0.39 is 10.9 Å². The zero-order valence-corrected chi connectivity index (χ0v) is 13.6. The van der Waals surface area contributed by atoms with Gasteiger partial charge >= 0.3 is 5.97 Å². The molecule has 1 atom stereocenters. The van der Waals surface area contributed by atoms with Gasteiger partial charge in [0.05, 0.1) is 17.4 Å². The third-order valence-electron chi connectivity index (χ3n) is 3.98. The van der Waals surface area contributed by atoms with E-state index in [1.54, 1.807) is 12.1 Å². The Balaban J connectivity index is 1.70. The number of hydrogen-bond donors (Lipinski definition) is 1. The van der Waals surface area contributed by atoms with Gasteiger partial charge in [-0.15, -0.1) is 10.2 Å². The molecule has 1 N–H and O–H groups in total. The standard InChI is InChI=1S/C15H16N4O4S/c20-15(21)11-4-2-6-18(8-11)9-13-16-17-14(24-13)10-3-1-5-12(7-10)19(22)23/h1,3,5,7,11H,2,4,6,8-9H2,(H,20,21). The number of non-ortho nitro benzene ring substituents is 1. The van der Waals surface area contributed by atoms with Crippen molar-refractivity contribution < 1.29 is 14.8 Å². The SMILES string of the molecule is O=C(O)C1CCCN(Cc2nnc(-c3cccc([N+](=O)[O-])c3)s2)C1. The third kappa shape index (κ3) is 3.74. The molecule has 0 amide bonds. The quantitative estimate of drug-likeness (QED) is 0.652. The molecule has 1 fully saturated rings. The Bertz CT molecular complexity index is 763. The smallest absolute Gasteiger partial charge is 0.307 e. The van der Waals surface area contributed by atoms with E-state index in [1.165, 1.54) is 23.5 Å². The fourth-order valence-corrected chi connectivity index (χ4v) is 3.66. The molecule has 1 unspecified atom stereocenters. The van der Waals surface area contributed by atoms with E-state index in [0.29, 0.717) is 30.1 Å². The first-order valence-electron chi connectivity index (χ1n) is 7.55. The van der Waals surface area contributed by atoms with Crippen molar-refractivity contribution in [3.05, 3.63) is 39.4 Å². The van der Waals surface area contributed by atoms with Gasteiger partial charge in [-0.3, -0.25) is 19.8 Å². The molecule has 1 aliphatic rings. The van der Waals surface area contributed by atoms with E-state index >= 15 is 0 Å². The van der Waals surface area contributed by atoms with Gasteiger partial charge in [0.25, 0.3) is 5.69 Å². The van der Waals surface area contributed by atoms with Crippen LogP contribution in [0.5, 0.6) is 0 Å². The molecule has 3 rings (SSSR count). The van der Waals surface area contributed by atoms with E-state index in [1.807, 2.05) is 0 Å². The Hall–Kier alpha value is -2.39. The van der Waals surface area contributed by atoms with Crippen LogP contribution >= 0.6 is 11.3 Å². The Morgan fingerprint density at radius 2 is 2.29 bits per heavy atom. The summed E-state index contributed by atoms with van der Waals surface area (Å²) in [5.41, 5.74) is 0.680.